The minimum Gasteiger partial charge on any atom is -0.489 e. The molecule has 21 heavy (non-hydrogen) atoms. The average molecular weight is 285 g/mol. The summed E-state index contributed by atoms with van der Waals surface area (Å²) in [5.41, 5.74) is 3.24. The molecule has 4 heteroatoms. The largest absolute Gasteiger partial charge is 0.489 e. The lowest BCUT2D eigenvalue weighted by Gasteiger charge is -2.11. The topological polar surface area (TPSA) is 47.0 Å². The van der Waals surface area contributed by atoms with Gasteiger partial charge in [0.25, 0.3) is 0 Å². The lowest BCUT2D eigenvalue weighted by molar-refractivity contribution is 0.241. The van der Waals surface area contributed by atoms with E-state index in [2.05, 4.69) is 35.2 Å². The van der Waals surface area contributed by atoms with Crippen LogP contribution in [0.25, 0.3) is 11.1 Å². The summed E-state index contributed by atoms with van der Waals surface area (Å²) in [6.45, 7) is 9.09. The molecule has 0 radical (unpaired) electrons. The molecule has 0 fully saturated rings. The van der Waals surface area contributed by atoms with Gasteiger partial charge in [-0.15, -0.1) is 0 Å². The van der Waals surface area contributed by atoms with Crippen molar-refractivity contribution in [3.63, 3.8) is 0 Å². The van der Waals surface area contributed by atoms with Crippen LogP contribution >= 0.6 is 0 Å². The van der Waals surface area contributed by atoms with Crippen LogP contribution in [0.15, 0.2) is 36.9 Å². The molecule has 112 valence electrons. The van der Waals surface area contributed by atoms with Gasteiger partial charge in [-0.2, -0.15) is 0 Å². The zero-order chi connectivity index (χ0) is 15.2. The molecule has 1 N–H and O–H groups in total. The van der Waals surface area contributed by atoms with Crippen molar-refractivity contribution in [1.29, 1.82) is 0 Å². The first kappa shape index (κ1) is 15.4. The predicted octanol–water partition coefficient (Wildman–Crippen LogP) is 3.43. The van der Waals surface area contributed by atoms with Gasteiger partial charge in [0.2, 0.25) is 0 Å². The molecule has 0 atom stereocenters. The maximum atomic E-state index is 5.69. The minimum atomic E-state index is 0.141. The van der Waals surface area contributed by atoms with Crippen LogP contribution in [-0.2, 0) is 6.54 Å². The molecule has 0 unspecified atom stereocenters. The molecule has 2 rings (SSSR count). The van der Waals surface area contributed by atoms with E-state index in [1.165, 1.54) is 0 Å². The number of nitrogens with one attached hydrogen (secondary N) is 1. The quantitative estimate of drug-likeness (QED) is 0.883. The van der Waals surface area contributed by atoms with Crippen LogP contribution in [-0.4, -0.2) is 22.1 Å². The Bertz CT molecular complexity index is 582. The Morgan fingerprint density at radius 2 is 1.62 bits per heavy atom. The summed E-state index contributed by atoms with van der Waals surface area (Å²) >= 11 is 0. The standard InChI is InChI=1S/C17H23N3O/c1-12(2)20-8-14-5-15(9-18-7-14)16-6-17(11-19-10-16)21-13(3)4/h5-7,9-13,20H,8H2,1-4H3. The van der Waals surface area contributed by atoms with Gasteiger partial charge in [-0.1, -0.05) is 13.8 Å². The lowest BCUT2D eigenvalue weighted by atomic mass is 10.1. The molecule has 2 heterocycles. The third kappa shape index (κ3) is 4.83. The fourth-order valence-electron chi connectivity index (χ4n) is 1.98. The van der Waals surface area contributed by atoms with E-state index in [1.54, 1.807) is 6.20 Å². The highest BCUT2D eigenvalue weighted by atomic mass is 16.5. The molecule has 0 aliphatic carbocycles. The van der Waals surface area contributed by atoms with E-state index in [-0.39, 0.29) is 6.10 Å². The third-order valence-electron chi connectivity index (χ3n) is 2.93. The van der Waals surface area contributed by atoms with Crippen molar-refractivity contribution >= 4 is 0 Å². The first-order chi connectivity index (χ1) is 10.0. The van der Waals surface area contributed by atoms with E-state index in [1.807, 2.05) is 38.5 Å². The van der Waals surface area contributed by atoms with Gasteiger partial charge < -0.3 is 10.1 Å². The van der Waals surface area contributed by atoms with Crippen molar-refractivity contribution in [1.82, 2.24) is 15.3 Å². The Hall–Kier alpha value is -1.94. The van der Waals surface area contributed by atoms with Gasteiger partial charge in [-0.05, 0) is 31.5 Å². The van der Waals surface area contributed by atoms with Gasteiger partial charge in [-0.25, -0.2) is 0 Å². The number of hydrogen-bond acceptors (Lipinski definition) is 4. The zero-order valence-corrected chi connectivity index (χ0v) is 13.1. The Balaban J connectivity index is 2.19. The van der Waals surface area contributed by atoms with Crippen LogP contribution in [0.1, 0.15) is 33.3 Å². The second-order valence-electron chi connectivity index (χ2n) is 5.69. The van der Waals surface area contributed by atoms with E-state index >= 15 is 0 Å². The molecule has 4 nitrogen and oxygen atoms in total. The van der Waals surface area contributed by atoms with Crippen molar-refractivity contribution in [3.8, 4) is 16.9 Å². The average Bonchev–Trinajstić information content (AvgIpc) is 2.45. The summed E-state index contributed by atoms with van der Waals surface area (Å²) in [6.07, 6.45) is 7.46. The molecule has 0 saturated carbocycles. The Labute approximate surface area is 126 Å². The van der Waals surface area contributed by atoms with Crippen molar-refractivity contribution in [2.24, 2.45) is 0 Å². The fraction of sp³-hybridized carbons (Fsp3) is 0.412. The molecule has 2 aromatic heterocycles. The molecule has 0 amide bonds. The molecule has 0 aliphatic heterocycles. The highest BCUT2D eigenvalue weighted by molar-refractivity contribution is 5.63. The number of aromatic nitrogens is 2. The molecule has 0 saturated heterocycles. The Morgan fingerprint density at radius 3 is 2.29 bits per heavy atom. The molecule has 2 aromatic rings. The molecule has 0 bridgehead atoms. The molecule has 0 spiro atoms. The third-order valence-corrected chi connectivity index (χ3v) is 2.93. The maximum absolute atomic E-state index is 5.69. The fourth-order valence-corrected chi connectivity index (χ4v) is 1.98. The Kier molecular flexibility index (Phi) is 5.28. The van der Waals surface area contributed by atoms with E-state index in [0.29, 0.717) is 6.04 Å². The smallest absolute Gasteiger partial charge is 0.138 e. The monoisotopic (exact) mass is 285 g/mol. The highest BCUT2D eigenvalue weighted by Crippen LogP contribution is 2.23. The normalized spacial score (nSPS) is 11.1. The van der Waals surface area contributed by atoms with Crippen molar-refractivity contribution < 1.29 is 4.74 Å². The number of pyridine rings is 2. The van der Waals surface area contributed by atoms with Gasteiger partial charge >= 0.3 is 0 Å². The first-order valence-electron chi connectivity index (χ1n) is 7.34. The van der Waals surface area contributed by atoms with Crippen molar-refractivity contribution in [2.75, 3.05) is 0 Å². The minimum absolute atomic E-state index is 0.141. The van der Waals surface area contributed by atoms with Gasteiger partial charge in [-0.3, -0.25) is 9.97 Å². The number of rotatable bonds is 6. The number of hydrogen-bond donors (Lipinski definition) is 1. The van der Waals surface area contributed by atoms with Gasteiger partial charge in [0.05, 0.1) is 12.3 Å². The highest BCUT2D eigenvalue weighted by Gasteiger charge is 2.05. The van der Waals surface area contributed by atoms with Gasteiger partial charge in [0.15, 0.2) is 0 Å². The van der Waals surface area contributed by atoms with E-state index in [9.17, 15) is 0 Å². The van der Waals surface area contributed by atoms with Crippen molar-refractivity contribution in [2.45, 2.75) is 46.4 Å². The van der Waals surface area contributed by atoms with E-state index in [4.69, 9.17) is 4.74 Å². The SMILES string of the molecule is CC(C)NCc1cncc(-c2cncc(OC(C)C)c2)c1. The van der Waals surface area contributed by atoms with Crippen LogP contribution in [0.4, 0.5) is 0 Å². The number of nitrogens with zero attached hydrogens (tertiary/aromatic N) is 2. The summed E-state index contributed by atoms with van der Waals surface area (Å²) in [6, 6.07) is 4.60. The summed E-state index contributed by atoms with van der Waals surface area (Å²) in [5, 5.41) is 3.40. The second kappa shape index (κ2) is 7.18. The van der Waals surface area contributed by atoms with Gasteiger partial charge in [0, 0.05) is 42.3 Å². The lowest BCUT2D eigenvalue weighted by Crippen LogP contribution is -2.21. The van der Waals surface area contributed by atoms with Crippen LogP contribution in [0.2, 0.25) is 0 Å². The molecule has 0 aliphatic rings. The molecular formula is C17H23N3O. The first-order valence-corrected chi connectivity index (χ1v) is 7.34. The summed E-state index contributed by atoms with van der Waals surface area (Å²) in [5.74, 6) is 0.785. The Morgan fingerprint density at radius 1 is 0.952 bits per heavy atom. The van der Waals surface area contributed by atoms with Crippen LogP contribution in [0, 0.1) is 0 Å². The molecule has 0 aromatic carbocycles. The summed E-state index contributed by atoms with van der Waals surface area (Å²) in [4.78, 5) is 8.57. The zero-order valence-electron chi connectivity index (χ0n) is 13.1. The van der Waals surface area contributed by atoms with Crippen LogP contribution < -0.4 is 10.1 Å². The predicted molar refractivity (Wildman–Crippen MR) is 85.2 cm³/mol. The summed E-state index contributed by atoms with van der Waals surface area (Å²) < 4.78 is 5.69. The van der Waals surface area contributed by atoms with Crippen LogP contribution in [0.5, 0.6) is 5.75 Å². The summed E-state index contributed by atoms with van der Waals surface area (Å²) in [7, 11) is 0. The van der Waals surface area contributed by atoms with Gasteiger partial charge in [0.1, 0.15) is 5.75 Å². The maximum Gasteiger partial charge on any atom is 0.138 e. The van der Waals surface area contributed by atoms with Crippen molar-refractivity contribution in [3.05, 3.63) is 42.5 Å². The van der Waals surface area contributed by atoms with Crippen LogP contribution in [0.3, 0.4) is 0 Å². The molecular weight excluding hydrogens is 262 g/mol. The second-order valence-corrected chi connectivity index (χ2v) is 5.69. The number of ether oxygens (including phenoxy) is 1. The van der Waals surface area contributed by atoms with E-state index in [0.717, 1.165) is 29.0 Å². The van der Waals surface area contributed by atoms with E-state index < -0.39 is 0 Å².